The molecule has 98 valence electrons. The Balaban J connectivity index is 2.23. The lowest BCUT2D eigenvalue weighted by molar-refractivity contribution is -0.129. The Kier molecular flexibility index (Phi) is 5.41. The van der Waals surface area contributed by atoms with E-state index in [4.69, 9.17) is 5.73 Å². The van der Waals surface area contributed by atoms with E-state index in [0.717, 1.165) is 25.7 Å². The van der Waals surface area contributed by atoms with Gasteiger partial charge in [-0.3, -0.25) is 9.59 Å². The molecule has 0 spiro atoms. The van der Waals surface area contributed by atoms with Crippen LogP contribution in [0.15, 0.2) is 0 Å². The quantitative estimate of drug-likeness (QED) is 0.655. The minimum atomic E-state index is -0.138. The van der Waals surface area contributed by atoms with Gasteiger partial charge in [-0.05, 0) is 39.5 Å². The molecule has 1 aliphatic rings. The van der Waals surface area contributed by atoms with Crippen LogP contribution < -0.4 is 16.4 Å². The van der Waals surface area contributed by atoms with Crippen molar-refractivity contribution in [2.45, 2.75) is 51.6 Å². The maximum atomic E-state index is 11.8. The lowest BCUT2D eigenvalue weighted by Gasteiger charge is -2.25. The van der Waals surface area contributed by atoms with Crippen LogP contribution in [-0.4, -0.2) is 30.4 Å². The molecule has 2 amide bonds. The van der Waals surface area contributed by atoms with E-state index in [0.29, 0.717) is 0 Å². The molecule has 0 aromatic carbocycles. The maximum absolute atomic E-state index is 11.8. The Labute approximate surface area is 103 Å². The van der Waals surface area contributed by atoms with Gasteiger partial charge in [0, 0.05) is 18.0 Å². The molecule has 1 rings (SSSR count). The summed E-state index contributed by atoms with van der Waals surface area (Å²) in [5.41, 5.74) is 5.78. The van der Waals surface area contributed by atoms with Crippen LogP contribution in [0.25, 0.3) is 0 Å². The van der Waals surface area contributed by atoms with Crippen LogP contribution in [0.1, 0.15) is 39.5 Å². The minimum Gasteiger partial charge on any atom is -0.352 e. The predicted molar refractivity (Wildman–Crippen MR) is 66.2 cm³/mol. The van der Waals surface area contributed by atoms with Crippen molar-refractivity contribution in [3.63, 3.8) is 0 Å². The van der Waals surface area contributed by atoms with Gasteiger partial charge in [0.1, 0.15) is 0 Å². The molecule has 5 nitrogen and oxygen atoms in total. The largest absolute Gasteiger partial charge is 0.352 e. The number of nitrogens with one attached hydrogen (secondary N) is 2. The van der Waals surface area contributed by atoms with Gasteiger partial charge in [0.15, 0.2) is 0 Å². The first-order valence-electron chi connectivity index (χ1n) is 6.31. The number of carbonyl (C=O) groups is 2. The lowest BCUT2D eigenvalue weighted by Crippen LogP contribution is -2.43. The van der Waals surface area contributed by atoms with E-state index < -0.39 is 0 Å². The number of carbonyl (C=O) groups excluding carboxylic acids is 2. The van der Waals surface area contributed by atoms with Crippen molar-refractivity contribution in [2.24, 2.45) is 11.7 Å². The summed E-state index contributed by atoms with van der Waals surface area (Å²) in [6.45, 7) is 3.85. The molecule has 0 unspecified atom stereocenters. The molecule has 0 heterocycles. The second kappa shape index (κ2) is 6.59. The highest BCUT2D eigenvalue weighted by molar-refractivity contribution is 5.85. The van der Waals surface area contributed by atoms with E-state index in [1.165, 1.54) is 0 Å². The number of hydrogen-bond donors (Lipinski definition) is 3. The fourth-order valence-electron chi connectivity index (χ4n) is 2.07. The first-order valence-corrected chi connectivity index (χ1v) is 6.31. The number of amides is 2. The van der Waals surface area contributed by atoms with Gasteiger partial charge in [-0.2, -0.15) is 0 Å². The van der Waals surface area contributed by atoms with Gasteiger partial charge in [-0.15, -0.1) is 0 Å². The molecular weight excluding hydrogens is 218 g/mol. The molecular formula is C12H23N3O2. The molecule has 0 saturated heterocycles. The Morgan fingerprint density at radius 2 is 1.82 bits per heavy atom. The van der Waals surface area contributed by atoms with Gasteiger partial charge < -0.3 is 16.4 Å². The van der Waals surface area contributed by atoms with Crippen molar-refractivity contribution in [3.8, 4) is 0 Å². The molecule has 4 N–H and O–H groups in total. The zero-order valence-corrected chi connectivity index (χ0v) is 10.7. The average Bonchev–Trinajstić information content (AvgIpc) is 2.26. The van der Waals surface area contributed by atoms with Crippen LogP contribution in [0.3, 0.4) is 0 Å². The summed E-state index contributed by atoms with van der Waals surface area (Å²) in [5.74, 6) is -0.127. The molecule has 0 aliphatic heterocycles. The highest BCUT2D eigenvalue weighted by atomic mass is 16.2. The second-order valence-corrected chi connectivity index (χ2v) is 5.05. The van der Waals surface area contributed by atoms with Crippen molar-refractivity contribution in [2.75, 3.05) is 6.54 Å². The molecule has 17 heavy (non-hydrogen) atoms. The van der Waals surface area contributed by atoms with Crippen molar-refractivity contribution >= 4 is 11.8 Å². The first kappa shape index (κ1) is 14.0. The zero-order chi connectivity index (χ0) is 12.8. The van der Waals surface area contributed by atoms with Gasteiger partial charge in [0.25, 0.3) is 0 Å². The number of nitrogens with two attached hydrogens (primary N) is 1. The van der Waals surface area contributed by atoms with E-state index >= 15 is 0 Å². The Morgan fingerprint density at radius 1 is 1.24 bits per heavy atom. The monoisotopic (exact) mass is 241 g/mol. The third-order valence-corrected chi connectivity index (χ3v) is 3.02. The molecule has 0 atom stereocenters. The Hall–Kier alpha value is -1.10. The SMILES string of the molecule is CC(C)NC(=O)CNC(=O)C1CCC(N)CC1. The minimum absolute atomic E-state index is 0.0178. The molecule has 0 aromatic heterocycles. The number of hydrogen-bond acceptors (Lipinski definition) is 3. The van der Waals surface area contributed by atoms with Crippen molar-refractivity contribution in [1.29, 1.82) is 0 Å². The summed E-state index contributed by atoms with van der Waals surface area (Å²) in [4.78, 5) is 23.1. The fraction of sp³-hybridized carbons (Fsp3) is 0.833. The molecule has 0 aromatic rings. The van der Waals surface area contributed by atoms with E-state index in [9.17, 15) is 9.59 Å². The second-order valence-electron chi connectivity index (χ2n) is 5.05. The van der Waals surface area contributed by atoms with Gasteiger partial charge in [-0.1, -0.05) is 0 Å². The third kappa shape index (κ3) is 5.17. The summed E-state index contributed by atoms with van der Waals surface area (Å²) in [7, 11) is 0. The van der Waals surface area contributed by atoms with Crippen LogP contribution in [-0.2, 0) is 9.59 Å². The fourth-order valence-corrected chi connectivity index (χ4v) is 2.07. The smallest absolute Gasteiger partial charge is 0.239 e. The highest BCUT2D eigenvalue weighted by Gasteiger charge is 2.24. The summed E-state index contributed by atoms with van der Waals surface area (Å²) in [5, 5.41) is 5.41. The standard InChI is InChI=1S/C12H23N3O2/c1-8(2)15-11(16)7-14-12(17)9-3-5-10(13)6-4-9/h8-10H,3-7,13H2,1-2H3,(H,14,17)(H,15,16). The van der Waals surface area contributed by atoms with E-state index in [-0.39, 0.29) is 36.4 Å². The predicted octanol–water partition coefficient (Wildman–Crippen LogP) is 0.145. The van der Waals surface area contributed by atoms with Crippen molar-refractivity contribution < 1.29 is 9.59 Å². The lowest BCUT2D eigenvalue weighted by atomic mass is 9.86. The summed E-state index contributed by atoms with van der Waals surface area (Å²) in [6, 6.07) is 0.343. The zero-order valence-electron chi connectivity index (χ0n) is 10.7. The van der Waals surface area contributed by atoms with Crippen molar-refractivity contribution in [3.05, 3.63) is 0 Å². The molecule has 0 bridgehead atoms. The van der Waals surface area contributed by atoms with Crippen LogP contribution >= 0.6 is 0 Å². The Bertz CT molecular complexity index is 271. The van der Waals surface area contributed by atoms with Gasteiger partial charge in [0.2, 0.25) is 11.8 Å². The van der Waals surface area contributed by atoms with Crippen LogP contribution in [0, 0.1) is 5.92 Å². The van der Waals surface area contributed by atoms with E-state index in [2.05, 4.69) is 10.6 Å². The van der Waals surface area contributed by atoms with Crippen LogP contribution in [0.2, 0.25) is 0 Å². The van der Waals surface area contributed by atoms with E-state index in [1.54, 1.807) is 0 Å². The van der Waals surface area contributed by atoms with Crippen molar-refractivity contribution in [1.82, 2.24) is 10.6 Å². The van der Waals surface area contributed by atoms with Gasteiger partial charge >= 0.3 is 0 Å². The molecule has 1 fully saturated rings. The molecule has 1 saturated carbocycles. The topological polar surface area (TPSA) is 84.2 Å². The summed E-state index contributed by atoms with van der Waals surface area (Å²) < 4.78 is 0. The van der Waals surface area contributed by atoms with Gasteiger partial charge in [-0.25, -0.2) is 0 Å². The molecule has 1 aliphatic carbocycles. The highest BCUT2D eigenvalue weighted by Crippen LogP contribution is 2.22. The Morgan fingerprint density at radius 3 is 2.35 bits per heavy atom. The normalized spacial score (nSPS) is 24.5. The summed E-state index contributed by atoms with van der Waals surface area (Å²) in [6.07, 6.45) is 3.46. The molecule has 5 heteroatoms. The molecule has 0 radical (unpaired) electrons. The van der Waals surface area contributed by atoms with Crippen LogP contribution in [0.5, 0.6) is 0 Å². The third-order valence-electron chi connectivity index (χ3n) is 3.02. The average molecular weight is 241 g/mol. The summed E-state index contributed by atoms with van der Waals surface area (Å²) >= 11 is 0. The van der Waals surface area contributed by atoms with E-state index in [1.807, 2.05) is 13.8 Å². The maximum Gasteiger partial charge on any atom is 0.239 e. The van der Waals surface area contributed by atoms with Crippen LogP contribution in [0.4, 0.5) is 0 Å². The van der Waals surface area contributed by atoms with Gasteiger partial charge in [0.05, 0.1) is 6.54 Å². The first-order chi connectivity index (χ1) is 7.99. The number of rotatable bonds is 4.